The van der Waals surface area contributed by atoms with Crippen molar-refractivity contribution < 1.29 is 4.79 Å². The van der Waals surface area contributed by atoms with Crippen LogP contribution in [0.15, 0.2) is 30.3 Å². The predicted octanol–water partition coefficient (Wildman–Crippen LogP) is 2.04. The molecule has 0 unspecified atom stereocenters. The van der Waals surface area contributed by atoms with Crippen molar-refractivity contribution in [2.75, 3.05) is 18.4 Å². The maximum absolute atomic E-state index is 11.4. The molecule has 0 atom stereocenters. The molecular formula is C15H16N4O. The van der Waals surface area contributed by atoms with Gasteiger partial charge in [0.1, 0.15) is 11.9 Å². The summed E-state index contributed by atoms with van der Waals surface area (Å²) in [5.74, 6) is 0.509. The van der Waals surface area contributed by atoms with E-state index < -0.39 is 0 Å². The van der Waals surface area contributed by atoms with E-state index in [4.69, 9.17) is 5.26 Å². The quantitative estimate of drug-likeness (QED) is 0.870. The highest BCUT2D eigenvalue weighted by Gasteiger charge is 2.07. The van der Waals surface area contributed by atoms with E-state index in [1.807, 2.05) is 31.2 Å². The highest BCUT2D eigenvalue weighted by atomic mass is 16.1. The minimum Gasteiger partial charge on any atom is -0.368 e. The number of amides is 1. The third kappa shape index (κ3) is 3.23. The van der Waals surface area contributed by atoms with Gasteiger partial charge in [-0.15, -0.1) is 0 Å². The van der Waals surface area contributed by atoms with Gasteiger partial charge in [0.25, 0.3) is 0 Å². The van der Waals surface area contributed by atoms with Crippen LogP contribution in [0.2, 0.25) is 0 Å². The van der Waals surface area contributed by atoms with E-state index in [-0.39, 0.29) is 5.91 Å². The molecule has 0 aliphatic heterocycles. The lowest BCUT2D eigenvalue weighted by Gasteiger charge is -2.08. The molecule has 0 saturated heterocycles. The second-order valence-electron chi connectivity index (χ2n) is 4.32. The highest BCUT2D eigenvalue weighted by Crippen LogP contribution is 2.19. The largest absolute Gasteiger partial charge is 0.368 e. The lowest BCUT2D eigenvalue weighted by Crippen LogP contribution is -2.25. The number of hydrogen-bond donors (Lipinski definition) is 2. The number of nitrogens with one attached hydrogen (secondary N) is 2. The van der Waals surface area contributed by atoms with E-state index in [1.165, 1.54) is 0 Å². The van der Waals surface area contributed by atoms with Crippen molar-refractivity contribution in [1.29, 1.82) is 5.26 Å². The molecule has 0 bridgehead atoms. The molecule has 2 N–H and O–H groups in total. The third-order valence-corrected chi connectivity index (χ3v) is 2.86. The number of para-hydroxylation sites is 1. The summed E-state index contributed by atoms with van der Waals surface area (Å²) in [4.78, 5) is 15.8. The maximum Gasteiger partial charge on any atom is 0.221 e. The summed E-state index contributed by atoms with van der Waals surface area (Å²) in [5.41, 5.74) is 1.31. The molecule has 1 amide bonds. The minimum absolute atomic E-state index is 0.0145. The molecule has 2 aromatic rings. The van der Waals surface area contributed by atoms with Gasteiger partial charge < -0.3 is 10.6 Å². The monoisotopic (exact) mass is 268 g/mol. The third-order valence-electron chi connectivity index (χ3n) is 2.86. The summed E-state index contributed by atoms with van der Waals surface area (Å²) >= 11 is 0. The van der Waals surface area contributed by atoms with Crippen molar-refractivity contribution in [3.05, 3.63) is 35.9 Å². The Bertz CT molecular complexity index is 660. The van der Waals surface area contributed by atoms with Gasteiger partial charge in [-0.2, -0.15) is 5.26 Å². The first kappa shape index (κ1) is 13.8. The molecule has 0 spiro atoms. The van der Waals surface area contributed by atoms with Crippen molar-refractivity contribution in [2.45, 2.75) is 13.3 Å². The van der Waals surface area contributed by atoms with Crippen LogP contribution < -0.4 is 10.6 Å². The van der Waals surface area contributed by atoms with Crippen LogP contribution >= 0.6 is 0 Å². The Morgan fingerprint density at radius 3 is 2.95 bits per heavy atom. The fourth-order valence-corrected chi connectivity index (χ4v) is 1.92. The zero-order valence-electron chi connectivity index (χ0n) is 11.3. The van der Waals surface area contributed by atoms with E-state index in [2.05, 4.69) is 21.7 Å². The number of rotatable bonds is 5. The average molecular weight is 268 g/mol. The van der Waals surface area contributed by atoms with Crippen molar-refractivity contribution in [3.63, 3.8) is 0 Å². The van der Waals surface area contributed by atoms with Gasteiger partial charge in [-0.1, -0.05) is 18.2 Å². The molecule has 2 rings (SSSR count). The van der Waals surface area contributed by atoms with Gasteiger partial charge in [0.15, 0.2) is 0 Å². The normalized spacial score (nSPS) is 10.0. The van der Waals surface area contributed by atoms with Gasteiger partial charge >= 0.3 is 0 Å². The van der Waals surface area contributed by atoms with Crippen molar-refractivity contribution in [2.24, 2.45) is 0 Å². The van der Waals surface area contributed by atoms with E-state index >= 15 is 0 Å². The molecular weight excluding hydrogens is 252 g/mol. The van der Waals surface area contributed by atoms with Crippen LogP contribution in [0.5, 0.6) is 0 Å². The number of nitrogens with zero attached hydrogens (tertiary/aromatic N) is 2. The zero-order chi connectivity index (χ0) is 14.4. The van der Waals surface area contributed by atoms with Crippen LogP contribution in [0, 0.1) is 11.3 Å². The summed E-state index contributed by atoms with van der Waals surface area (Å²) in [5, 5.41) is 15.9. The SMILES string of the molecule is CCNC(=O)CCNc1nc2ccccc2cc1C#N. The Balaban J connectivity index is 2.13. The first-order valence-corrected chi connectivity index (χ1v) is 6.55. The molecule has 1 aromatic heterocycles. The van der Waals surface area contributed by atoms with Crippen LogP contribution in [-0.4, -0.2) is 24.0 Å². The van der Waals surface area contributed by atoms with Gasteiger partial charge in [-0.3, -0.25) is 4.79 Å². The Kier molecular flexibility index (Phi) is 4.51. The molecule has 1 aromatic carbocycles. The fraction of sp³-hybridized carbons (Fsp3) is 0.267. The number of pyridine rings is 1. The summed E-state index contributed by atoms with van der Waals surface area (Å²) < 4.78 is 0. The summed E-state index contributed by atoms with van der Waals surface area (Å²) in [7, 11) is 0. The van der Waals surface area contributed by atoms with Crippen molar-refractivity contribution in [1.82, 2.24) is 10.3 Å². The van der Waals surface area contributed by atoms with Gasteiger partial charge in [-0.05, 0) is 19.1 Å². The van der Waals surface area contributed by atoms with E-state index in [1.54, 1.807) is 6.07 Å². The second-order valence-corrected chi connectivity index (χ2v) is 4.32. The first-order chi connectivity index (χ1) is 9.74. The number of fused-ring (bicyclic) bond motifs is 1. The molecule has 1 heterocycles. The summed E-state index contributed by atoms with van der Waals surface area (Å²) in [6.07, 6.45) is 0.354. The first-order valence-electron chi connectivity index (χ1n) is 6.55. The van der Waals surface area contributed by atoms with Gasteiger partial charge in [0, 0.05) is 24.9 Å². The topological polar surface area (TPSA) is 77.8 Å². The minimum atomic E-state index is -0.0145. The predicted molar refractivity (Wildman–Crippen MR) is 78.2 cm³/mol. The van der Waals surface area contributed by atoms with E-state index in [0.29, 0.717) is 30.9 Å². The number of carbonyl (C=O) groups is 1. The van der Waals surface area contributed by atoms with Crippen molar-refractivity contribution in [3.8, 4) is 6.07 Å². The van der Waals surface area contributed by atoms with E-state index in [0.717, 1.165) is 10.9 Å². The molecule has 0 fully saturated rings. The zero-order valence-corrected chi connectivity index (χ0v) is 11.3. The van der Waals surface area contributed by atoms with Crippen molar-refractivity contribution >= 4 is 22.6 Å². The second kappa shape index (κ2) is 6.53. The van der Waals surface area contributed by atoms with Crippen LogP contribution in [0.25, 0.3) is 10.9 Å². The Hall–Kier alpha value is -2.61. The number of nitriles is 1. The van der Waals surface area contributed by atoms with Crippen LogP contribution in [0.1, 0.15) is 18.9 Å². The Morgan fingerprint density at radius 2 is 2.20 bits per heavy atom. The molecule has 0 radical (unpaired) electrons. The molecule has 102 valence electrons. The van der Waals surface area contributed by atoms with Crippen LogP contribution in [0.3, 0.4) is 0 Å². The van der Waals surface area contributed by atoms with Crippen LogP contribution in [-0.2, 0) is 4.79 Å². The average Bonchev–Trinajstić information content (AvgIpc) is 2.46. The molecule has 0 aliphatic carbocycles. The number of benzene rings is 1. The maximum atomic E-state index is 11.4. The summed E-state index contributed by atoms with van der Waals surface area (Å²) in [6, 6.07) is 11.6. The molecule has 20 heavy (non-hydrogen) atoms. The molecule has 5 heteroatoms. The Labute approximate surface area is 117 Å². The number of carbonyl (C=O) groups excluding carboxylic acids is 1. The smallest absolute Gasteiger partial charge is 0.221 e. The number of hydrogen-bond acceptors (Lipinski definition) is 4. The lowest BCUT2D eigenvalue weighted by molar-refractivity contribution is -0.120. The molecule has 0 aliphatic rings. The lowest BCUT2D eigenvalue weighted by atomic mass is 10.1. The fourth-order valence-electron chi connectivity index (χ4n) is 1.92. The number of anilines is 1. The highest BCUT2D eigenvalue weighted by molar-refractivity contribution is 5.83. The standard InChI is InChI=1S/C15H16N4O/c1-2-17-14(20)7-8-18-15-12(10-16)9-11-5-3-4-6-13(11)19-15/h3-6,9H,2,7-8H2,1H3,(H,17,20)(H,18,19). The molecule has 5 nitrogen and oxygen atoms in total. The van der Waals surface area contributed by atoms with Gasteiger partial charge in [0.2, 0.25) is 5.91 Å². The molecule has 0 saturated carbocycles. The number of aromatic nitrogens is 1. The van der Waals surface area contributed by atoms with Crippen LogP contribution in [0.4, 0.5) is 5.82 Å². The van der Waals surface area contributed by atoms with Gasteiger partial charge in [0.05, 0.1) is 11.1 Å². The van der Waals surface area contributed by atoms with Gasteiger partial charge in [-0.25, -0.2) is 4.98 Å². The van der Waals surface area contributed by atoms with E-state index in [9.17, 15) is 4.79 Å². The summed E-state index contributed by atoms with van der Waals surface area (Å²) in [6.45, 7) is 2.95. The Morgan fingerprint density at radius 1 is 1.40 bits per heavy atom.